The van der Waals surface area contributed by atoms with Gasteiger partial charge in [0.15, 0.2) is 0 Å². The molecule has 0 aromatic heterocycles. The highest BCUT2D eigenvalue weighted by molar-refractivity contribution is 5.80. The fourth-order valence-electron chi connectivity index (χ4n) is 3.84. The first-order valence-electron chi connectivity index (χ1n) is 8.88. The van der Waals surface area contributed by atoms with Gasteiger partial charge in [-0.25, -0.2) is 4.79 Å². The predicted molar refractivity (Wildman–Crippen MR) is 93.6 cm³/mol. The first-order valence-corrected chi connectivity index (χ1v) is 8.88. The van der Waals surface area contributed by atoms with E-state index in [0.29, 0.717) is 19.0 Å². The molecule has 1 aromatic carbocycles. The van der Waals surface area contributed by atoms with Crippen molar-refractivity contribution in [1.29, 1.82) is 0 Å². The number of ether oxygens (including phenoxy) is 2. The number of carbonyl (C=O) groups excluding carboxylic acids is 2. The average Bonchev–Trinajstić information content (AvgIpc) is 3.17. The van der Waals surface area contributed by atoms with E-state index < -0.39 is 0 Å². The molecule has 2 aliphatic heterocycles. The Morgan fingerprint density at radius 1 is 1.00 bits per heavy atom. The van der Waals surface area contributed by atoms with Crippen LogP contribution in [0.5, 0.6) is 5.75 Å². The van der Waals surface area contributed by atoms with Crippen LogP contribution in [0.2, 0.25) is 0 Å². The molecular formula is C19H26N2O4. The third kappa shape index (κ3) is 3.89. The first-order chi connectivity index (χ1) is 12.1. The van der Waals surface area contributed by atoms with E-state index in [2.05, 4.69) is 12.1 Å². The van der Waals surface area contributed by atoms with Crippen LogP contribution in [0.25, 0.3) is 0 Å². The second-order valence-electron chi connectivity index (χ2n) is 6.80. The summed E-state index contributed by atoms with van der Waals surface area (Å²) in [7, 11) is 3.04. The topological polar surface area (TPSA) is 59.1 Å². The first kappa shape index (κ1) is 17.6. The molecular weight excluding hydrogens is 320 g/mol. The van der Waals surface area contributed by atoms with Gasteiger partial charge in [0.2, 0.25) is 5.91 Å². The van der Waals surface area contributed by atoms with Gasteiger partial charge < -0.3 is 19.3 Å². The van der Waals surface area contributed by atoms with Crippen molar-refractivity contribution in [3.05, 3.63) is 29.8 Å². The summed E-state index contributed by atoms with van der Waals surface area (Å²) in [6, 6.07) is 8.10. The molecule has 2 aliphatic rings. The van der Waals surface area contributed by atoms with E-state index in [1.54, 1.807) is 12.0 Å². The van der Waals surface area contributed by atoms with Crippen LogP contribution in [-0.4, -0.2) is 62.2 Å². The standard InChI is InChI=1S/C19H26N2O4/c1-24-17-7-5-14(6-8-17)15-9-11-20(12-15)18(22)16-4-3-10-21(13-16)19(23)25-2/h5-8,15-16H,3-4,9-13H2,1-2H3/t15-,16-/m1/s1. The molecule has 2 saturated heterocycles. The van der Waals surface area contributed by atoms with Crippen molar-refractivity contribution in [2.45, 2.75) is 25.2 Å². The highest BCUT2D eigenvalue weighted by atomic mass is 16.5. The van der Waals surface area contributed by atoms with Gasteiger partial charge in [-0.2, -0.15) is 0 Å². The summed E-state index contributed by atoms with van der Waals surface area (Å²) in [4.78, 5) is 28.2. The van der Waals surface area contributed by atoms with Crippen LogP contribution in [0.1, 0.15) is 30.7 Å². The molecule has 0 radical (unpaired) electrons. The summed E-state index contributed by atoms with van der Waals surface area (Å²) in [5, 5.41) is 0. The maximum absolute atomic E-state index is 12.9. The van der Waals surface area contributed by atoms with Crippen LogP contribution >= 0.6 is 0 Å². The summed E-state index contributed by atoms with van der Waals surface area (Å²) in [5.41, 5.74) is 1.25. The third-order valence-electron chi connectivity index (χ3n) is 5.29. The molecule has 2 fully saturated rings. The second-order valence-corrected chi connectivity index (χ2v) is 6.80. The molecule has 1 aromatic rings. The van der Waals surface area contributed by atoms with Gasteiger partial charge in [0.05, 0.1) is 20.1 Å². The molecule has 0 N–H and O–H groups in total. The van der Waals surface area contributed by atoms with Crippen LogP contribution in [0.15, 0.2) is 24.3 Å². The van der Waals surface area contributed by atoms with Crippen LogP contribution in [0.4, 0.5) is 4.79 Å². The Labute approximate surface area is 148 Å². The molecule has 0 spiro atoms. The summed E-state index contributed by atoms with van der Waals surface area (Å²) in [6.45, 7) is 2.67. The number of rotatable bonds is 3. The number of hydrogen-bond acceptors (Lipinski definition) is 4. The van der Waals surface area contributed by atoms with Crippen molar-refractivity contribution < 1.29 is 19.1 Å². The van der Waals surface area contributed by atoms with E-state index in [-0.39, 0.29) is 17.9 Å². The lowest BCUT2D eigenvalue weighted by Crippen LogP contribution is -2.46. The summed E-state index contributed by atoms with van der Waals surface area (Å²) in [6.07, 6.45) is 2.33. The van der Waals surface area contributed by atoms with E-state index >= 15 is 0 Å². The van der Waals surface area contributed by atoms with Gasteiger partial charge in [0.25, 0.3) is 0 Å². The summed E-state index contributed by atoms with van der Waals surface area (Å²) >= 11 is 0. The quantitative estimate of drug-likeness (QED) is 0.844. The lowest BCUT2D eigenvalue weighted by atomic mass is 9.96. The zero-order chi connectivity index (χ0) is 17.8. The number of nitrogens with zero attached hydrogens (tertiary/aromatic N) is 2. The molecule has 0 aliphatic carbocycles. The zero-order valence-corrected chi connectivity index (χ0v) is 14.9. The van der Waals surface area contributed by atoms with Crippen molar-refractivity contribution >= 4 is 12.0 Å². The lowest BCUT2D eigenvalue weighted by molar-refractivity contribution is -0.136. The Morgan fingerprint density at radius 2 is 1.76 bits per heavy atom. The molecule has 6 nitrogen and oxygen atoms in total. The van der Waals surface area contributed by atoms with Crippen LogP contribution in [0.3, 0.4) is 0 Å². The average molecular weight is 346 g/mol. The van der Waals surface area contributed by atoms with Crippen molar-refractivity contribution in [3.63, 3.8) is 0 Å². The normalized spacial score (nSPS) is 23.4. The Morgan fingerprint density at radius 3 is 2.44 bits per heavy atom. The minimum atomic E-state index is -0.338. The number of benzene rings is 1. The van der Waals surface area contributed by atoms with Crippen LogP contribution < -0.4 is 4.74 Å². The molecule has 2 amide bonds. The number of amides is 2. The maximum atomic E-state index is 12.9. The van der Waals surface area contributed by atoms with E-state index in [4.69, 9.17) is 9.47 Å². The third-order valence-corrected chi connectivity index (χ3v) is 5.29. The minimum absolute atomic E-state index is 0.109. The molecule has 2 heterocycles. The van der Waals surface area contributed by atoms with Crippen LogP contribution in [0, 0.1) is 5.92 Å². The van der Waals surface area contributed by atoms with Gasteiger partial charge in [-0.1, -0.05) is 12.1 Å². The number of likely N-dealkylation sites (tertiary alicyclic amines) is 2. The van der Waals surface area contributed by atoms with Gasteiger partial charge in [-0.15, -0.1) is 0 Å². The lowest BCUT2D eigenvalue weighted by Gasteiger charge is -2.33. The molecule has 25 heavy (non-hydrogen) atoms. The highest BCUT2D eigenvalue weighted by Gasteiger charge is 2.35. The second kappa shape index (κ2) is 7.76. The maximum Gasteiger partial charge on any atom is 0.409 e. The van der Waals surface area contributed by atoms with Crippen molar-refractivity contribution in [2.24, 2.45) is 5.92 Å². The fraction of sp³-hybridized carbons (Fsp3) is 0.579. The van der Waals surface area contributed by atoms with Crippen molar-refractivity contribution in [1.82, 2.24) is 9.80 Å². The van der Waals surface area contributed by atoms with Crippen LogP contribution in [-0.2, 0) is 9.53 Å². The molecule has 0 unspecified atom stereocenters. The number of methoxy groups -OCH3 is 2. The van der Waals surface area contributed by atoms with Crippen molar-refractivity contribution in [2.75, 3.05) is 40.4 Å². The van der Waals surface area contributed by atoms with E-state index in [9.17, 15) is 9.59 Å². The van der Waals surface area contributed by atoms with Gasteiger partial charge in [0, 0.05) is 32.1 Å². The SMILES string of the molecule is COC(=O)N1CCC[C@@H](C(=O)N2CC[C@@H](c3ccc(OC)cc3)C2)C1. The van der Waals surface area contributed by atoms with Gasteiger partial charge >= 0.3 is 6.09 Å². The van der Waals surface area contributed by atoms with E-state index in [1.807, 2.05) is 17.0 Å². The van der Waals surface area contributed by atoms with E-state index in [1.165, 1.54) is 12.7 Å². The minimum Gasteiger partial charge on any atom is -0.497 e. The summed E-state index contributed by atoms with van der Waals surface area (Å²) in [5.74, 6) is 1.28. The summed E-state index contributed by atoms with van der Waals surface area (Å²) < 4.78 is 9.99. The number of carbonyl (C=O) groups is 2. The number of hydrogen-bond donors (Lipinski definition) is 0. The molecule has 0 bridgehead atoms. The smallest absolute Gasteiger partial charge is 0.409 e. The molecule has 136 valence electrons. The van der Waals surface area contributed by atoms with Gasteiger partial charge in [-0.3, -0.25) is 4.79 Å². The Hall–Kier alpha value is -2.24. The molecule has 6 heteroatoms. The fourth-order valence-corrected chi connectivity index (χ4v) is 3.84. The van der Waals surface area contributed by atoms with E-state index in [0.717, 1.165) is 38.1 Å². The Kier molecular flexibility index (Phi) is 5.46. The zero-order valence-electron chi connectivity index (χ0n) is 14.9. The van der Waals surface area contributed by atoms with Gasteiger partial charge in [-0.05, 0) is 37.0 Å². The molecule has 2 atom stereocenters. The number of piperidine rings is 1. The highest BCUT2D eigenvalue weighted by Crippen LogP contribution is 2.30. The predicted octanol–water partition coefficient (Wildman–Crippen LogP) is 2.49. The molecule has 0 saturated carbocycles. The monoisotopic (exact) mass is 346 g/mol. The Balaban J connectivity index is 1.59. The molecule has 3 rings (SSSR count). The Bertz CT molecular complexity index is 616. The van der Waals surface area contributed by atoms with Gasteiger partial charge in [0.1, 0.15) is 5.75 Å². The van der Waals surface area contributed by atoms with Crippen molar-refractivity contribution in [3.8, 4) is 5.75 Å². The largest absolute Gasteiger partial charge is 0.497 e.